The molecule has 4 rings (SSSR count). The van der Waals surface area contributed by atoms with Gasteiger partial charge in [-0.2, -0.15) is 5.10 Å². The lowest BCUT2D eigenvalue weighted by Crippen LogP contribution is -2.38. The number of aromatic nitrogens is 2. The monoisotopic (exact) mass is 317 g/mol. The first-order chi connectivity index (χ1) is 11.2. The van der Waals surface area contributed by atoms with Gasteiger partial charge in [0.25, 0.3) is 0 Å². The highest BCUT2D eigenvalue weighted by molar-refractivity contribution is 5.88. The van der Waals surface area contributed by atoms with Gasteiger partial charge in [-0.1, -0.05) is 6.42 Å². The van der Waals surface area contributed by atoms with Crippen molar-refractivity contribution < 1.29 is 4.79 Å². The van der Waals surface area contributed by atoms with E-state index >= 15 is 0 Å². The molecule has 1 aromatic rings. The summed E-state index contributed by atoms with van der Waals surface area (Å²) in [4.78, 5) is 17.1. The van der Waals surface area contributed by atoms with Crippen LogP contribution in [0.4, 0.5) is 10.6 Å². The molecule has 2 saturated heterocycles. The van der Waals surface area contributed by atoms with Gasteiger partial charge in [0, 0.05) is 38.2 Å². The molecule has 1 atom stereocenters. The highest BCUT2D eigenvalue weighted by Gasteiger charge is 2.32. The number of carbonyl (C=O) groups is 1. The van der Waals surface area contributed by atoms with Crippen molar-refractivity contribution in [2.24, 2.45) is 7.05 Å². The van der Waals surface area contributed by atoms with Crippen LogP contribution < -0.4 is 5.32 Å². The Bertz CT molecular complexity index is 574. The van der Waals surface area contributed by atoms with Crippen molar-refractivity contribution in [2.45, 2.75) is 50.5 Å². The second-order valence-electron chi connectivity index (χ2n) is 7.27. The molecule has 0 unspecified atom stereocenters. The molecule has 3 fully saturated rings. The summed E-state index contributed by atoms with van der Waals surface area (Å²) in [5, 5.41) is 7.62. The fourth-order valence-corrected chi connectivity index (χ4v) is 4.03. The first kappa shape index (κ1) is 15.0. The number of likely N-dealkylation sites (tertiary alicyclic amines) is 2. The van der Waals surface area contributed by atoms with Crippen LogP contribution in [0.2, 0.25) is 0 Å². The normalized spacial score (nSPS) is 25.8. The number of nitrogens with zero attached hydrogens (tertiary/aromatic N) is 4. The van der Waals surface area contributed by atoms with Gasteiger partial charge in [0.1, 0.15) is 5.82 Å². The molecule has 23 heavy (non-hydrogen) atoms. The molecule has 0 radical (unpaired) electrons. The lowest BCUT2D eigenvalue weighted by molar-refractivity contribution is 0.210. The van der Waals surface area contributed by atoms with Crippen LogP contribution in [0.25, 0.3) is 0 Å². The maximum Gasteiger partial charge on any atom is 0.323 e. The van der Waals surface area contributed by atoms with Crippen LogP contribution >= 0.6 is 0 Å². The molecule has 126 valence electrons. The minimum Gasteiger partial charge on any atom is -0.323 e. The van der Waals surface area contributed by atoms with E-state index in [0.29, 0.717) is 12.0 Å². The van der Waals surface area contributed by atoms with E-state index < -0.39 is 0 Å². The number of carbonyl (C=O) groups excluding carboxylic acids is 1. The predicted molar refractivity (Wildman–Crippen MR) is 89.6 cm³/mol. The molecule has 1 saturated carbocycles. The SMILES string of the molecule is Cn1nc(C2CCC2)cc1NC(=O)N1CC[C@H](N2CCCC2)C1. The van der Waals surface area contributed by atoms with Crippen molar-refractivity contribution in [3.63, 3.8) is 0 Å². The summed E-state index contributed by atoms with van der Waals surface area (Å²) >= 11 is 0. The molecule has 6 heteroatoms. The summed E-state index contributed by atoms with van der Waals surface area (Å²) in [6, 6.07) is 2.63. The quantitative estimate of drug-likeness (QED) is 0.931. The van der Waals surface area contributed by atoms with E-state index in [-0.39, 0.29) is 6.03 Å². The third kappa shape index (κ3) is 2.96. The Morgan fingerprint density at radius 2 is 1.96 bits per heavy atom. The van der Waals surface area contributed by atoms with E-state index in [4.69, 9.17) is 0 Å². The van der Waals surface area contributed by atoms with Gasteiger partial charge in [0.05, 0.1) is 5.69 Å². The first-order valence-electron chi connectivity index (χ1n) is 9.04. The summed E-state index contributed by atoms with van der Waals surface area (Å²) in [6.07, 6.45) is 7.48. The molecule has 2 amide bonds. The second-order valence-corrected chi connectivity index (χ2v) is 7.27. The number of anilines is 1. The van der Waals surface area contributed by atoms with Gasteiger partial charge in [-0.05, 0) is 45.2 Å². The zero-order chi connectivity index (χ0) is 15.8. The number of nitrogens with one attached hydrogen (secondary N) is 1. The van der Waals surface area contributed by atoms with Gasteiger partial charge in [-0.3, -0.25) is 14.9 Å². The molecule has 3 aliphatic rings. The Hall–Kier alpha value is -1.56. The van der Waals surface area contributed by atoms with Gasteiger partial charge in [-0.15, -0.1) is 0 Å². The largest absolute Gasteiger partial charge is 0.323 e. The molecule has 3 heterocycles. The van der Waals surface area contributed by atoms with E-state index in [1.54, 1.807) is 4.68 Å². The van der Waals surface area contributed by atoms with Crippen LogP contribution in [0, 0.1) is 0 Å². The van der Waals surface area contributed by atoms with Crippen molar-refractivity contribution >= 4 is 11.8 Å². The number of hydrogen-bond acceptors (Lipinski definition) is 3. The van der Waals surface area contributed by atoms with Crippen molar-refractivity contribution in [2.75, 3.05) is 31.5 Å². The zero-order valence-corrected chi connectivity index (χ0v) is 14.0. The number of aryl methyl sites for hydroxylation is 1. The molecule has 1 aromatic heterocycles. The van der Waals surface area contributed by atoms with Gasteiger partial charge in [0.2, 0.25) is 0 Å². The van der Waals surface area contributed by atoms with Crippen LogP contribution in [0.5, 0.6) is 0 Å². The van der Waals surface area contributed by atoms with E-state index in [9.17, 15) is 4.79 Å². The molecule has 1 aliphatic carbocycles. The van der Waals surface area contributed by atoms with Gasteiger partial charge in [-0.25, -0.2) is 4.79 Å². The molecule has 0 bridgehead atoms. The van der Waals surface area contributed by atoms with Crippen molar-refractivity contribution in [3.8, 4) is 0 Å². The average Bonchev–Trinajstić information content (AvgIpc) is 3.18. The van der Waals surface area contributed by atoms with E-state index in [1.165, 1.54) is 45.2 Å². The Morgan fingerprint density at radius 1 is 1.17 bits per heavy atom. The topological polar surface area (TPSA) is 53.4 Å². The van der Waals surface area contributed by atoms with Crippen LogP contribution in [0.3, 0.4) is 0 Å². The summed E-state index contributed by atoms with van der Waals surface area (Å²) in [7, 11) is 1.91. The first-order valence-corrected chi connectivity index (χ1v) is 9.04. The average molecular weight is 317 g/mol. The Balaban J connectivity index is 1.35. The fraction of sp³-hybridized carbons (Fsp3) is 0.765. The van der Waals surface area contributed by atoms with Crippen molar-refractivity contribution in [3.05, 3.63) is 11.8 Å². The van der Waals surface area contributed by atoms with Crippen LogP contribution in [-0.2, 0) is 7.05 Å². The lowest BCUT2D eigenvalue weighted by atomic mass is 9.83. The highest BCUT2D eigenvalue weighted by Crippen LogP contribution is 2.36. The third-order valence-corrected chi connectivity index (χ3v) is 5.76. The number of rotatable bonds is 3. The third-order valence-electron chi connectivity index (χ3n) is 5.76. The number of urea groups is 1. The van der Waals surface area contributed by atoms with Crippen LogP contribution in [0.15, 0.2) is 6.07 Å². The summed E-state index contributed by atoms with van der Waals surface area (Å²) in [5.41, 5.74) is 1.13. The van der Waals surface area contributed by atoms with Crippen molar-refractivity contribution in [1.82, 2.24) is 19.6 Å². The molecule has 1 N–H and O–H groups in total. The minimum absolute atomic E-state index is 0.0230. The standard InChI is InChI=1S/C17H27N5O/c1-20-16(11-15(19-20)13-5-4-6-13)18-17(23)22-10-7-14(12-22)21-8-2-3-9-21/h11,13-14H,2-10,12H2,1H3,(H,18,23)/t14-/m0/s1. The molecule has 0 spiro atoms. The summed E-state index contributed by atoms with van der Waals surface area (Å²) in [6.45, 7) is 4.12. The number of hydrogen-bond donors (Lipinski definition) is 1. The Morgan fingerprint density at radius 3 is 2.65 bits per heavy atom. The zero-order valence-electron chi connectivity index (χ0n) is 14.0. The minimum atomic E-state index is 0.0230. The molecule has 0 aromatic carbocycles. The van der Waals surface area contributed by atoms with Crippen LogP contribution in [-0.4, -0.2) is 57.8 Å². The maximum atomic E-state index is 12.5. The molecular formula is C17H27N5O. The molecule has 2 aliphatic heterocycles. The Labute approximate surface area is 137 Å². The van der Waals surface area contributed by atoms with Gasteiger partial charge >= 0.3 is 6.03 Å². The van der Waals surface area contributed by atoms with E-state index in [0.717, 1.165) is 31.0 Å². The van der Waals surface area contributed by atoms with E-state index in [2.05, 4.69) is 21.4 Å². The smallest absolute Gasteiger partial charge is 0.323 e. The predicted octanol–water partition coefficient (Wildman–Crippen LogP) is 2.39. The summed E-state index contributed by atoms with van der Waals surface area (Å²) < 4.78 is 1.81. The molecular weight excluding hydrogens is 290 g/mol. The van der Waals surface area contributed by atoms with Gasteiger partial charge in [0.15, 0.2) is 0 Å². The van der Waals surface area contributed by atoms with E-state index in [1.807, 2.05) is 11.9 Å². The maximum absolute atomic E-state index is 12.5. The second kappa shape index (κ2) is 6.15. The van der Waals surface area contributed by atoms with Crippen molar-refractivity contribution in [1.29, 1.82) is 0 Å². The lowest BCUT2D eigenvalue weighted by Gasteiger charge is -2.23. The highest BCUT2D eigenvalue weighted by atomic mass is 16.2. The van der Waals surface area contributed by atoms with Crippen LogP contribution in [0.1, 0.15) is 50.1 Å². The number of amides is 2. The van der Waals surface area contributed by atoms with Gasteiger partial charge < -0.3 is 4.90 Å². The summed E-state index contributed by atoms with van der Waals surface area (Å²) in [5.74, 6) is 1.42. The fourth-order valence-electron chi connectivity index (χ4n) is 4.03. The molecule has 6 nitrogen and oxygen atoms in total. The Kier molecular flexibility index (Phi) is 4.01.